The summed E-state index contributed by atoms with van der Waals surface area (Å²) >= 11 is 0. The second kappa shape index (κ2) is 4.98. The molecule has 0 aliphatic rings. The number of amides is 1. The summed E-state index contributed by atoms with van der Waals surface area (Å²) in [7, 11) is 0. The summed E-state index contributed by atoms with van der Waals surface area (Å²) in [5.41, 5.74) is 2.09. The maximum atomic E-state index is 10.9. The second-order valence-electron chi connectivity index (χ2n) is 2.65. The summed E-state index contributed by atoms with van der Waals surface area (Å²) in [6.07, 6.45) is 0.170. The zero-order valence-electron chi connectivity index (χ0n) is 7.34. The Hall–Kier alpha value is -1.88. The molecule has 1 aromatic carbocycles. The highest BCUT2D eigenvalue weighted by Gasteiger charge is 2.11. The molecule has 74 valence electrons. The van der Waals surface area contributed by atoms with Gasteiger partial charge in [0.05, 0.1) is 0 Å². The molecule has 0 atom stereocenters. The number of rotatable bonds is 3. The van der Waals surface area contributed by atoms with Crippen LogP contribution in [-0.2, 0) is 11.2 Å². The van der Waals surface area contributed by atoms with Gasteiger partial charge in [-0.15, -0.1) is 0 Å². The zero-order valence-corrected chi connectivity index (χ0v) is 7.34. The Balaban J connectivity index is 2.73. The molecule has 3 N–H and O–H groups in total. The Morgan fingerprint density at radius 1 is 1.36 bits per heavy atom. The Morgan fingerprint density at radius 3 is 2.50 bits per heavy atom. The number of benzene rings is 1. The minimum absolute atomic E-state index is 0.140. The van der Waals surface area contributed by atoms with Crippen molar-refractivity contribution >= 4 is 11.6 Å². The molecule has 1 rings (SSSR count). The number of hydrogen-bond donors (Lipinski definition) is 3. The van der Waals surface area contributed by atoms with Crippen LogP contribution in [0.4, 0.5) is 0 Å². The van der Waals surface area contributed by atoms with Crippen LogP contribution in [0.2, 0.25) is 0 Å². The number of nitrogens with one attached hydrogen (secondary N) is 1. The largest absolute Gasteiger partial charge is 0.410 e. The molecule has 0 saturated heterocycles. The summed E-state index contributed by atoms with van der Waals surface area (Å²) < 4.78 is 0. The molecule has 0 aliphatic carbocycles. The van der Waals surface area contributed by atoms with Gasteiger partial charge in [-0.3, -0.25) is 10.0 Å². The lowest BCUT2D eigenvalue weighted by molar-refractivity contribution is -0.122. The molecule has 5 heteroatoms. The topological polar surface area (TPSA) is 81.9 Å². The molecular formula is C9H10N2O3. The van der Waals surface area contributed by atoms with E-state index >= 15 is 0 Å². The van der Waals surface area contributed by atoms with Crippen molar-refractivity contribution in [2.24, 2.45) is 5.16 Å². The molecule has 5 nitrogen and oxygen atoms in total. The van der Waals surface area contributed by atoms with Crippen molar-refractivity contribution in [2.45, 2.75) is 6.42 Å². The van der Waals surface area contributed by atoms with E-state index in [4.69, 9.17) is 10.4 Å². The average molecular weight is 194 g/mol. The lowest BCUT2D eigenvalue weighted by atomic mass is 10.1. The van der Waals surface area contributed by atoms with E-state index in [1.807, 2.05) is 6.07 Å². The first kappa shape index (κ1) is 10.2. The monoisotopic (exact) mass is 194 g/mol. The van der Waals surface area contributed by atoms with E-state index in [1.54, 1.807) is 24.3 Å². The predicted octanol–water partition coefficient (Wildman–Crippen LogP) is 0.565. The Bertz CT molecular complexity index is 335. The standard InChI is InChI=1S/C9H10N2O3/c12-9(11-14)8(10-13)6-7-4-2-1-3-5-7/h1-5,13-14H,6H2,(H,11,12)/b10-8+. The first-order chi connectivity index (χ1) is 6.77. The van der Waals surface area contributed by atoms with Crippen LogP contribution in [0.25, 0.3) is 0 Å². The minimum Gasteiger partial charge on any atom is -0.410 e. The summed E-state index contributed by atoms with van der Waals surface area (Å²) in [6, 6.07) is 9.03. The SMILES string of the molecule is O=C(NO)/C(Cc1ccccc1)=N/O. The molecule has 0 bridgehead atoms. The molecule has 1 amide bonds. The Morgan fingerprint density at radius 2 is 2.00 bits per heavy atom. The fraction of sp³-hybridized carbons (Fsp3) is 0.111. The van der Waals surface area contributed by atoms with Crippen LogP contribution in [0.15, 0.2) is 35.5 Å². The van der Waals surface area contributed by atoms with Crippen LogP contribution in [0.5, 0.6) is 0 Å². The van der Waals surface area contributed by atoms with E-state index in [0.717, 1.165) is 5.56 Å². The van der Waals surface area contributed by atoms with Crippen LogP contribution < -0.4 is 5.48 Å². The number of hydrogen-bond acceptors (Lipinski definition) is 4. The van der Waals surface area contributed by atoms with Crippen molar-refractivity contribution < 1.29 is 15.2 Å². The van der Waals surface area contributed by atoms with Gasteiger partial charge in [0, 0.05) is 6.42 Å². The highest BCUT2D eigenvalue weighted by Crippen LogP contribution is 2.00. The van der Waals surface area contributed by atoms with Gasteiger partial charge in [-0.05, 0) is 5.56 Å². The molecule has 0 spiro atoms. The van der Waals surface area contributed by atoms with Gasteiger partial charge in [0.25, 0.3) is 5.91 Å². The van der Waals surface area contributed by atoms with Gasteiger partial charge in [-0.25, -0.2) is 5.48 Å². The molecule has 1 aromatic rings. The van der Waals surface area contributed by atoms with E-state index in [0.29, 0.717) is 0 Å². The zero-order chi connectivity index (χ0) is 10.4. The number of carbonyl (C=O) groups is 1. The van der Waals surface area contributed by atoms with Gasteiger partial charge in [0.1, 0.15) is 0 Å². The van der Waals surface area contributed by atoms with E-state index in [1.165, 1.54) is 5.48 Å². The van der Waals surface area contributed by atoms with Crippen LogP contribution >= 0.6 is 0 Å². The van der Waals surface area contributed by atoms with Gasteiger partial charge >= 0.3 is 0 Å². The minimum atomic E-state index is -0.809. The highest BCUT2D eigenvalue weighted by atomic mass is 16.5. The second-order valence-corrected chi connectivity index (χ2v) is 2.65. The molecule has 14 heavy (non-hydrogen) atoms. The fourth-order valence-corrected chi connectivity index (χ4v) is 1.01. The van der Waals surface area contributed by atoms with Gasteiger partial charge in [0.15, 0.2) is 5.71 Å². The van der Waals surface area contributed by atoms with E-state index in [2.05, 4.69) is 5.16 Å². The highest BCUT2D eigenvalue weighted by molar-refractivity contribution is 6.38. The summed E-state index contributed by atoms with van der Waals surface area (Å²) in [5.74, 6) is -0.809. The van der Waals surface area contributed by atoms with Crippen LogP contribution in [0.3, 0.4) is 0 Å². The number of nitrogens with zero attached hydrogens (tertiary/aromatic N) is 1. The first-order valence-electron chi connectivity index (χ1n) is 3.97. The Labute approximate surface area is 80.6 Å². The lowest BCUT2D eigenvalue weighted by Gasteiger charge is -2.01. The van der Waals surface area contributed by atoms with Crippen molar-refractivity contribution in [2.75, 3.05) is 0 Å². The van der Waals surface area contributed by atoms with Gasteiger partial charge in [0.2, 0.25) is 0 Å². The van der Waals surface area contributed by atoms with Crippen LogP contribution in [-0.4, -0.2) is 22.0 Å². The molecular weight excluding hydrogens is 184 g/mol. The molecule has 0 aromatic heterocycles. The summed E-state index contributed by atoms with van der Waals surface area (Å²) in [5, 5.41) is 19.6. The maximum Gasteiger partial charge on any atom is 0.292 e. The normalized spacial score (nSPS) is 11.1. The van der Waals surface area contributed by atoms with Crippen LogP contribution in [0.1, 0.15) is 5.56 Å². The van der Waals surface area contributed by atoms with Crippen molar-refractivity contribution in [1.82, 2.24) is 5.48 Å². The molecule has 0 unspecified atom stereocenters. The van der Waals surface area contributed by atoms with Crippen LogP contribution in [0, 0.1) is 0 Å². The third-order valence-electron chi connectivity index (χ3n) is 1.70. The summed E-state index contributed by atoms with van der Waals surface area (Å²) in [6.45, 7) is 0. The fourth-order valence-electron chi connectivity index (χ4n) is 1.01. The molecule has 0 aliphatic heterocycles. The van der Waals surface area contributed by atoms with Gasteiger partial charge in [-0.2, -0.15) is 0 Å². The molecule has 0 fully saturated rings. The van der Waals surface area contributed by atoms with Crippen molar-refractivity contribution in [3.63, 3.8) is 0 Å². The lowest BCUT2D eigenvalue weighted by Crippen LogP contribution is -2.29. The number of carbonyl (C=O) groups excluding carboxylic acids is 1. The van der Waals surface area contributed by atoms with Crippen molar-refractivity contribution in [3.8, 4) is 0 Å². The predicted molar refractivity (Wildman–Crippen MR) is 49.3 cm³/mol. The van der Waals surface area contributed by atoms with Gasteiger partial charge in [-0.1, -0.05) is 35.5 Å². The molecule has 0 saturated carbocycles. The van der Waals surface area contributed by atoms with Crippen molar-refractivity contribution in [1.29, 1.82) is 0 Å². The number of hydroxylamine groups is 1. The molecule has 0 radical (unpaired) electrons. The average Bonchev–Trinajstić information content (AvgIpc) is 2.26. The van der Waals surface area contributed by atoms with E-state index in [9.17, 15) is 4.79 Å². The van der Waals surface area contributed by atoms with E-state index < -0.39 is 5.91 Å². The van der Waals surface area contributed by atoms with Gasteiger partial charge < -0.3 is 5.21 Å². The summed E-state index contributed by atoms with van der Waals surface area (Å²) in [4.78, 5) is 10.9. The third-order valence-corrected chi connectivity index (χ3v) is 1.70. The smallest absolute Gasteiger partial charge is 0.292 e. The first-order valence-corrected chi connectivity index (χ1v) is 3.97. The van der Waals surface area contributed by atoms with Crippen molar-refractivity contribution in [3.05, 3.63) is 35.9 Å². The Kier molecular flexibility index (Phi) is 3.63. The van der Waals surface area contributed by atoms with E-state index in [-0.39, 0.29) is 12.1 Å². The quantitative estimate of drug-likeness (QED) is 0.284. The third kappa shape index (κ3) is 2.56. The molecule has 0 heterocycles. The maximum absolute atomic E-state index is 10.9. The number of oxime groups is 1.